The van der Waals surface area contributed by atoms with Gasteiger partial charge in [-0.1, -0.05) is 0 Å². The molecule has 3 heterocycles. The molecule has 3 rings (SSSR count). The van der Waals surface area contributed by atoms with Gasteiger partial charge in [0.05, 0.1) is 27.1 Å². The van der Waals surface area contributed by atoms with Crippen molar-refractivity contribution in [1.29, 1.82) is 0 Å². The number of piperidine rings is 1. The van der Waals surface area contributed by atoms with Crippen molar-refractivity contribution in [2.75, 3.05) is 23.8 Å². The van der Waals surface area contributed by atoms with Crippen LogP contribution < -0.4 is 10.7 Å². The Kier molecular flexibility index (Phi) is 4.39. The fourth-order valence-electron chi connectivity index (χ4n) is 2.61. The summed E-state index contributed by atoms with van der Waals surface area (Å²) in [6.07, 6.45) is 3.10. The lowest BCUT2D eigenvalue weighted by Crippen LogP contribution is -2.49. The van der Waals surface area contributed by atoms with E-state index in [2.05, 4.69) is 13.2 Å². The second-order valence-corrected chi connectivity index (χ2v) is 8.62. The van der Waals surface area contributed by atoms with Crippen LogP contribution in [0, 0.1) is 3.57 Å². The molecule has 0 aromatic carbocycles. The molecule has 1 amide bonds. The number of hydrogen-bond acceptors (Lipinski definition) is 7. The summed E-state index contributed by atoms with van der Waals surface area (Å²) in [4.78, 5) is 22.4. The van der Waals surface area contributed by atoms with Crippen molar-refractivity contribution in [3.8, 4) is 0 Å². The number of amides is 1. The first-order valence-electron chi connectivity index (χ1n) is 7.58. The van der Waals surface area contributed by atoms with Crippen LogP contribution in [0.5, 0.6) is 0 Å². The van der Waals surface area contributed by atoms with Crippen LogP contribution in [-0.2, 0) is 4.74 Å². The molecular formula is C14H21IN6O2. The number of nitrogens with two attached hydrogens (primary N) is 1. The van der Waals surface area contributed by atoms with E-state index in [1.807, 2.05) is 25.8 Å². The van der Waals surface area contributed by atoms with E-state index in [0.717, 1.165) is 22.2 Å². The van der Waals surface area contributed by atoms with E-state index in [1.54, 1.807) is 4.90 Å². The van der Waals surface area contributed by atoms with Crippen molar-refractivity contribution in [3.63, 3.8) is 0 Å². The van der Waals surface area contributed by atoms with Crippen LogP contribution in [-0.4, -0.2) is 45.7 Å². The van der Waals surface area contributed by atoms with E-state index < -0.39 is 26.6 Å². The fourth-order valence-corrected chi connectivity index (χ4v) is 4.60. The van der Waals surface area contributed by atoms with Crippen molar-refractivity contribution in [2.24, 2.45) is 3.25 Å². The molecule has 0 aliphatic carbocycles. The highest BCUT2D eigenvalue weighted by Crippen LogP contribution is 2.38. The number of rotatable bonds is 1. The van der Waals surface area contributed by atoms with Crippen molar-refractivity contribution in [2.45, 2.75) is 45.3 Å². The Morgan fingerprint density at radius 1 is 1.43 bits per heavy atom. The minimum absolute atomic E-state index is 0.117. The molecule has 0 bridgehead atoms. The third-order valence-corrected chi connectivity index (χ3v) is 5.81. The van der Waals surface area contributed by atoms with Crippen LogP contribution in [0.2, 0.25) is 0 Å². The maximum Gasteiger partial charge on any atom is 0.410 e. The maximum absolute atomic E-state index is 12.3. The summed E-state index contributed by atoms with van der Waals surface area (Å²) in [5, 5.41) is 1.94. The topological polar surface area (TPSA) is 96.9 Å². The van der Waals surface area contributed by atoms with Crippen LogP contribution >= 0.6 is 21.0 Å². The highest BCUT2D eigenvalue weighted by molar-refractivity contribution is 14.2. The smallest absolute Gasteiger partial charge is 0.410 e. The van der Waals surface area contributed by atoms with Crippen LogP contribution in [0.25, 0.3) is 0 Å². The van der Waals surface area contributed by atoms with Crippen molar-refractivity contribution >= 4 is 38.8 Å². The molecule has 126 valence electrons. The van der Waals surface area contributed by atoms with Gasteiger partial charge in [0, 0.05) is 13.1 Å². The Balaban J connectivity index is 1.73. The number of fused-ring (bicyclic) bond motifs is 1. The lowest BCUT2D eigenvalue weighted by molar-refractivity contribution is 0.0198. The molecule has 1 saturated heterocycles. The van der Waals surface area contributed by atoms with Gasteiger partial charge in [-0.25, -0.2) is 19.8 Å². The molecule has 0 spiro atoms. The normalized spacial score (nSPS) is 20.9. The zero-order valence-corrected chi connectivity index (χ0v) is 15.6. The molecule has 0 saturated carbocycles. The van der Waals surface area contributed by atoms with Crippen molar-refractivity contribution in [1.82, 2.24) is 14.9 Å². The Morgan fingerprint density at radius 2 is 2.22 bits per heavy atom. The lowest BCUT2D eigenvalue weighted by Gasteiger charge is -2.36. The van der Waals surface area contributed by atoms with Crippen LogP contribution in [0.1, 0.15) is 33.6 Å². The van der Waals surface area contributed by atoms with Gasteiger partial charge >= 0.3 is 6.09 Å². The molecule has 1 unspecified atom stereocenters. The summed E-state index contributed by atoms with van der Waals surface area (Å²) in [6, 6.07) is 0.117. The van der Waals surface area contributed by atoms with E-state index in [0.29, 0.717) is 18.9 Å². The summed E-state index contributed by atoms with van der Waals surface area (Å²) in [5.41, 5.74) is 5.43. The standard InChI is InChI=1S/C14H21IN6O2/c1-14(2,3)23-13(22)20-6-4-5-9(7-20)21-12-10(15-19-21)11(16)17-8-18-12/h8-9H,4-7H2,1-3H3,(H2,16,17,18). The Labute approximate surface area is 145 Å². The zero-order chi connectivity index (χ0) is 16.6. The number of nitrogen functional groups attached to an aromatic ring is 1. The van der Waals surface area contributed by atoms with E-state index in [-0.39, 0.29) is 12.1 Å². The number of carbonyl (C=O) groups is 1. The van der Waals surface area contributed by atoms with E-state index in [9.17, 15) is 4.79 Å². The number of nitrogens with zero attached hydrogens (tertiary/aromatic N) is 5. The predicted molar refractivity (Wildman–Crippen MR) is 94.9 cm³/mol. The molecular weight excluding hydrogens is 411 g/mol. The third-order valence-electron chi connectivity index (χ3n) is 3.61. The van der Waals surface area contributed by atoms with Crippen LogP contribution in [0.4, 0.5) is 16.4 Å². The van der Waals surface area contributed by atoms with Gasteiger partial charge < -0.3 is 15.4 Å². The zero-order valence-electron chi connectivity index (χ0n) is 13.5. The van der Waals surface area contributed by atoms with Gasteiger partial charge in [0.15, 0.2) is 5.82 Å². The minimum atomic E-state index is -0.553. The van der Waals surface area contributed by atoms with Crippen molar-refractivity contribution < 1.29 is 9.53 Å². The number of aromatic nitrogens is 2. The molecule has 1 aromatic heterocycles. The van der Waals surface area contributed by atoms with E-state index in [1.165, 1.54) is 6.33 Å². The second-order valence-electron chi connectivity index (χ2n) is 6.62. The molecule has 2 aliphatic heterocycles. The predicted octanol–water partition coefficient (Wildman–Crippen LogP) is 2.52. The van der Waals surface area contributed by atoms with E-state index in [4.69, 9.17) is 10.5 Å². The van der Waals surface area contributed by atoms with Crippen LogP contribution in [0.3, 0.4) is 0 Å². The van der Waals surface area contributed by atoms with Crippen LogP contribution in [0.15, 0.2) is 9.58 Å². The van der Waals surface area contributed by atoms with Gasteiger partial charge in [-0.05, 0) is 33.6 Å². The SMILES string of the molecule is CC(C)(C)OC(=O)N1CCCC(N2N=Ic3c(N)ncnc32)C1. The average molecular weight is 432 g/mol. The Hall–Kier alpha value is -1.52. The highest BCUT2D eigenvalue weighted by Gasteiger charge is 2.34. The first kappa shape index (κ1) is 16.3. The first-order chi connectivity index (χ1) is 10.8. The van der Waals surface area contributed by atoms with Gasteiger partial charge in [0.1, 0.15) is 21.3 Å². The summed E-state index contributed by atoms with van der Waals surface area (Å²) in [6.45, 7) is 6.94. The molecule has 1 aromatic rings. The largest absolute Gasteiger partial charge is 0.444 e. The number of carbonyl (C=O) groups excluding carboxylic acids is 1. The molecule has 2 aliphatic rings. The molecule has 1 fully saturated rings. The number of anilines is 2. The molecule has 9 heteroatoms. The molecule has 8 nitrogen and oxygen atoms in total. The second kappa shape index (κ2) is 6.17. The lowest BCUT2D eigenvalue weighted by atomic mass is 10.1. The molecule has 0 radical (unpaired) electrons. The summed E-state index contributed by atoms with van der Waals surface area (Å²) >= 11 is -0.553. The third kappa shape index (κ3) is 3.54. The average Bonchev–Trinajstić information content (AvgIpc) is 2.91. The molecule has 2 N–H and O–H groups in total. The minimum Gasteiger partial charge on any atom is -0.444 e. The van der Waals surface area contributed by atoms with Gasteiger partial charge in [-0.3, -0.25) is 0 Å². The number of hydrogen-bond donors (Lipinski definition) is 1. The Morgan fingerprint density at radius 3 is 2.96 bits per heavy atom. The molecule has 1 atom stereocenters. The quantitative estimate of drug-likeness (QED) is 0.686. The summed E-state index contributed by atoms with van der Waals surface area (Å²) in [7, 11) is 0. The summed E-state index contributed by atoms with van der Waals surface area (Å²) < 4.78 is 11.1. The molecule has 23 heavy (non-hydrogen) atoms. The van der Waals surface area contributed by atoms with Gasteiger partial charge in [0.2, 0.25) is 0 Å². The summed E-state index contributed by atoms with van der Waals surface area (Å²) in [5.74, 6) is 1.33. The Bertz CT molecular complexity index is 645. The van der Waals surface area contributed by atoms with E-state index >= 15 is 0 Å². The number of ether oxygens (including phenoxy) is 1. The van der Waals surface area contributed by atoms with Crippen molar-refractivity contribution in [3.05, 3.63) is 9.90 Å². The highest BCUT2D eigenvalue weighted by atomic mass is 127. The number of halogens is 1. The number of likely N-dealkylation sites (tertiary alicyclic amines) is 1. The monoisotopic (exact) mass is 432 g/mol. The maximum atomic E-state index is 12.3. The fraction of sp³-hybridized carbons (Fsp3) is 0.643. The van der Waals surface area contributed by atoms with Gasteiger partial charge in [-0.15, -0.1) is 3.25 Å². The van der Waals surface area contributed by atoms with Gasteiger partial charge in [-0.2, -0.15) is 0 Å². The van der Waals surface area contributed by atoms with Gasteiger partial charge in [0.25, 0.3) is 0 Å². The first-order valence-corrected chi connectivity index (χ1v) is 9.62.